The molecule has 0 fully saturated rings. The van der Waals surface area contributed by atoms with Crippen molar-refractivity contribution in [3.05, 3.63) is 66.1 Å². The highest BCUT2D eigenvalue weighted by Crippen LogP contribution is 2.49. The summed E-state index contributed by atoms with van der Waals surface area (Å²) in [5, 5.41) is 11.0. The minimum atomic E-state index is -0.550. The second-order valence-corrected chi connectivity index (χ2v) is 6.29. The van der Waals surface area contributed by atoms with Crippen LogP contribution in [0.1, 0.15) is 35.4 Å². The first-order chi connectivity index (χ1) is 11.3. The average molecular weight is 304 g/mol. The summed E-state index contributed by atoms with van der Waals surface area (Å²) < 4.78 is 2.20. The van der Waals surface area contributed by atoms with E-state index in [1.54, 1.807) is 12.5 Å². The Morgan fingerprint density at radius 1 is 1.09 bits per heavy atom. The number of aliphatic hydroxyl groups excluding tert-OH is 1. The molecule has 0 saturated heterocycles. The van der Waals surface area contributed by atoms with Gasteiger partial charge < -0.3 is 9.67 Å². The van der Waals surface area contributed by atoms with Crippen molar-refractivity contribution in [1.29, 1.82) is 0 Å². The predicted octanol–water partition coefficient (Wildman–Crippen LogP) is 2.54. The Labute approximate surface area is 133 Å². The predicted molar refractivity (Wildman–Crippen MR) is 84.6 cm³/mol. The molecule has 2 aromatic heterocycles. The zero-order chi connectivity index (χ0) is 15.4. The van der Waals surface area contributed by atoms with E-state index >= 15 is 0 Å². The third-order valence-electron chi connectivity index (χ3n) is 5.19. The summed E-state index contributed by atoms with van der Waals surface area (Å²) in [6.07, 6.45) is 8.34. The first kappa shape index (κ1) is 13.0. The first-order valence-corrected chi connectivity index (χ1v) is 7.92. The number of aromatic nitrogens is 4. The monoisotopic (exact) mass is 304 g/mol. The molecule has 0 radical (unpaired) electrons. The molecule has 1 N–H and O–H groups in total. The lowest BCUT2D eigenvalue weighted by atomic mass is 9.78. The Balaban J connectivity index is 1.64. The van der Waals surface area contributed by atoms with Gasteiger partial charge >= 0.3 is 0 Å². The highest BCUT2D eigenvalue weighted by atomic mass is 16.3. The molecular weight excluding hydrogens is 288 g/mol. The van der Waals surface area contributed by atoms with Gasteiger partial charge in [0.15, 0.2) is 0 Å². The molecule has 1 aromatic carbocycles. The quantitative estimate of drug-likeness (QED) is 0.750. The molecule has 3 unspecified atom stereocenters. The molecule has 3 aromatic rings. The second kappa shape index (κ2) is 4.73. The maximum absolute atomic E-state index is 11.0. The summed E-state index contributed by atoms with van der Waals surface area (Å²) in [7, 11) is 0. The van der Waals surface area contributed by atoms with Gasteiger partial charge in [-0.3, -0.25) is 0 Å². The van der Waals surface area contributed by atoms with E-state index in [9.17, 15) is 5.11 Å². The summed E-state index contributed by atoms with van der Waals surface area (Å²) in [5.74, 6) is 0.102. The molecule has 0 amide bonds. The number of hydrogen-bond donors (Lipinski definition) is 1. The Kier molecular flexibility index (Phi) is 2.67. The SMILES string of the molecule is OC1c2cncnc2CCC1C1c2ccccc2-c2cncn21. The van der Waals surface area contributed by atoms with Gasteiger partial charge in [-0.2, -0.15) is 0 Å². The highest BCUT2D eigenvalue weighted by Gasteiger charge is 2.40. The van der Waals surface area contributed by atoms with E-state index in [2.05, 4.69) is 43.8 Å². The van der Waals surface area contributed by atoms with Crippen LogP contribution in [0.15, 0.2) is 49.3 Å². The Morgan fingerprint density at radius 2 is 2.00 bits per heavy atom. The van der Waals surface area contributed by atoms with E-state index in [0.29, 0.717) is 0 Å². The number of aliphatic hydroxyl groups is 1. The Hall–Kier alpha value is -2.53. The third kappa shape index (κ3) is 1.74. The van der Waals surface area contributed by atoms with Crippen LogP contribution in [-0.4, -0.2) is 24.6 Å². The van der Waals surface area contributed by atoms with Crippen LogP contribution in [0.5, 0.6) is 0 Å². The topological polar surface area (TPSA) is 63.8 Å². The molecule has 0 spiro atoms. The van der Waals surface area contributed by atoms with Crippen LogP contribution in [-0.2, 0) is 6.42 Å². The minimum Gasteiger partial charge on any atom is -0.388 e. The van der Waals surface area contributed by atoms with Crippen molar-refractivity contribution in [3.8, 4) is 11.3 Å². The van der Waals surface area contributed by atoms with Gasteiger partial charge in [0.1, 0.15) is 6.33 Å². The van der Waals surface area contributed by atoms with E-state index < -0.39 is 6.10 Å². The van der Waals surface area contributed by atoms with E-state index in [1.165, 1.54) is 11.1 Å². The molecule has 0 bridgehead atoms. The van der Waals surface area contributed by atoms with E-state index in [-0.39, 0.29) is 12.0 Å². The number of imidazole rings is 1. The first-order valence-electron chi connectivity index (χ1n) is 7.92. The number of fused-ring (bicyclic) bond motifs is 4. The van der Waals surface area contributed by atoms with E-state index in [4.69, 9.17) is 0 Å². The maximum Gasteiger partial charge on any atom is 0.115 e. The van der Waals surface area contributed by atoms with Gasteiger partial charge in [0, 0.05) is 28.9 Å². The van der Waals surface area contributed by atoms with Gasteiger partial charge in [0.05, 0.1) is 30.4 Å². The average Bonchev–Trinajstić information content (AvgIpc) is 3.17. The molecule has 114 valence electrons. The van der Waals surface area contributed by atoms with Crippen molar-refractivity contribution < 1.29 is 5.11 Å². The van der Waals surface area contributed by atoms with Crippen molar-refractivity contribution in [1.82, 2.24) is 19.5 Å². The van der Waals surface area contributed by atoms with Crippen LogP contribution in [0, 0.1) is 5.92 Å². The third-order valence-corrected chi connectivity index (χ3v) is 5.19. The van der Waals surface area contributed by atoms with Crippen LogP contribution in [0.25, 0.3) is 11.3 Å². The number of nitrogens with zero attached hydrogens (tertiary/aromatic N) is 4. The summed E-state index contributed by atoms with van der Waals surface area (Å²) in [6.45, 7) is 0. The van der Waals surface area contributed by atoms with Gasteiger partial charge in [0.2, 0.25) is 0 Å². The number of rotatable bonds is 1. The molecule has 3 heterocycles. The molecule has 5 rings (SSSR count). The largest absolute Gasteiger partial charge is 0.388 e. The fraction of sp³-hybridized carbons (Fsp3) is 0.278. The van der Waals surface area contributed by atoms with Crippen molar-refractivity contribution in [3.63, 3.8) is 0 Å². The Bertz CT molecular complexity index is 888. The molecule has 23 heavy (non-hydrogen) atoms. The summed E-state index contributed by atoms with van der Waals surface area (Å²) in [4.78, 5) is 12.7. The standard InChI is InChI=1S/C18H16N4O/c23-18-13(5-6-15-14(18)7-19-9-21-15)17-12-4-2-1-3-11(12)16-8-20-10-22(16)17/h1-4,7-10,13,17-18,23H,5-6H2. The van der Waals surface area contributed by atoms with Crippen molar-refractivity contribution >= 4 is 0 Å². The molecule has 2 aliphatic rings. The normalized spacial score (nSPS) is 24.8. The minimum absolute atomic E-state index is 0.102. The lowest BCUT2D eigenvalue weighted by Crippen LogP contribution is -2.29. The van der Waals surface area contributed by atoms with Crippen molar-refractivity contribution in [2.75, 3.05) is 0 Å². The number of benzene rings is 1. The zero-order valence-corrected chi connectivity index (χ0v) is 12.5. The lowest BCUT2D eigenvalue weighted by Gasteiger charge is -2.34. The van der Waals surface area contributed by atoms with Crippen LogP contribution >= 0.6 is 0 Å². The van der Waals surface area contributed by atoms with E-state index in [1.807, 2.05) is 12.5 Å². The maximum atomic E-state index is 11.0. The molecule has 1 aliphatic heterocycles. The molecule has 3 atom stereocenters. The highest BCUT2D eigenvalue weighted by molar-refractivity contribution is 5.69. The smallest absolute Gasteiger partial charge is 0.115 e. The zero-order valence-electron chi connectivity index (χ0n) is 12.5. The number of aryl methyl sites for hydroxylation is 1. The van der Waals surface area contributed by atoms with Gasteiger partial charge in [-0.1, -0.05) is 24.3 Å². The van der Waals surface area contributed by atoms with Crippen LogP contribution in [0.2, 0.25) is 0 Å². The fourth-order valence-corrected chi connectivity index (χ4v) is 4.15. The van der Waals surface area contributed by atoms with Crippen molar-refractivity contribution in [2.24, 2.45) is 5.92 Å². The van der Waals surface area contributed by atoms with Gasteiger partial charge in [-0.05, 0) is 18.4 Å². The van der Waals surface area contributed by atoms with Crippen LogP contribution in [0.4, 0.5) is 0 Å². The summed E-state index contributed by atoms with van der Waals surface area (Å²) >= 11 is 0. The van der Waals surface area contributed by atoms with Crippen molar-refractivity contribution in [2.45, 2.75) is 25.0 Å². The van der Waals surface area contributed by atoms with Gasteiger partial charge in [-0.15, -0.1) is 0 Å². The molecular formula is C18H16N4O. The van der Waals surface area contributed by atoms with Crippen LogP contribution in [0.3, 0.4) is 0 Å². The Morgan fingerprint density at radius 3 is 2.96 bits per heavy atom. The van der Waals surface area contributed by atoms with E-state index in [0.717, 1.165) is 29.8 Å². The molecule has 5 nitrogen and oxygen atoms in total. The molecule has 1 aliphatic carbocycles. The lowest BCUT2D eigenvalue weighted by molar-refractivity contribution is 0.0706. The van der Waals surface area contributed by atoms with Crippen LogP contribution < -0.4 is 0 Å². The number of hydrogen-bond acceptors (Lipinski definition) is 4. The molecule has 5 heteroatoms. The van der Waals surface area contributed by atoms with Gasteiger partial charge in [-0.25, -0.2) is 15.0 Å². The molecule has 0 saturated carbocycles. The van der Waals surface area contributed by atoms with Gasteiger partial charge in [0.25, 0.3) is 0 Å². The summed E-state index contributed by atoms with van der Waals surface area (Å²) in [6, 6.07) is 8.54. The fourth-order valence-electron chi connectivity index (χ4n) is 4.15. The second-order valence-electron chi connectivity index (χ2n) is 6.29. The summed E-state index contributed by atoms with van der Waals surface area (Å²) in [5.41, 5.74) is 5.47.